The first-order valence-electron chi connectivity index (χ1n) is 6.67. The lowest BCUT2D eigenvalue weighted by atomic mass is 9.97. The number of anilines is 1. The molecule has 0 bridgehead atoms. The number of nitrogens with two attached hydrogens (primary N) is 1. The summed E-state index contributed by atoms with van der Waals surface area (Å²) in [7, 11) is 1.73. The van der Waals surface area contributed by atoms with Gasteiger partial charge in [0.1, 0.15) is 0 Å². The van der Waals surface area contributed by atoms with Crippen molar-refractivity contribution in [3.63, 3.8) is 0 Å². The Morgan fingerprint density at radius 2 is 2.40 bits per heavy atom. The van der Waals surface area contributed by atoms with E-state index in [1.54, 1.807) is 13.2 Å². The summed E-state index contributed by atoms with van der Waals surface area (Å²) in [6, 6.07) is 5.47. The van der Waals surface area contributed by atoms with E-state index in [4.69, 9.17) is 27.3 Å². The molecule has 3 N–H and O–H groups in total. The van der Waals surface area contributed by atoms with E-state index >= 15 is 0 Å². The van der Waals surface area contributed by atoms with E-state index < -0.39 is 0 Å². The van der Waals surface area contributed by atoms with Crippen LogP contribution in [0.5, 0.6) is 0 Å². The molecular weight excluding hydrogens is 278 g/mol. The van der Waals surface area contributed by atoms with Crippen molar-refractivity contribution < 1.29 is 9.94 Å². The molecule has 0 aliphatic carbocycles. The van der Waals surface area contributed by atoms with Crippen LogP contribution in [0.4, 0.5) is 5.69 Å². The fraction of sp³-hybridized carbons (Fsp3) is 0.500. The molecule has 2 rings (SSSR count). The van der Waals surface area contributed by atoms with Crippen LogP contribution in [0.15, 0.2) is 23.4 Å². The number of amidine groups is 1. The third-order valence-corrected chi connectivity index (χ3v) is 3.84. The maximum absolute atomic E-state index is 8.92. The molecule has 0 amide bonds. The molecule has 1 aromatic rings. The van der Waals surface area contributed by atoms with E-state index in [0.717, 1.165) is 38.2 Å². The van der Waals surface area contributed by atoms with Crippen LogP contribution in [0.2, 0.25) is 5.02 Å². The predicted molar refractivity (Wildman–Crippen MR) is 80.8 cm³/mol. The van der Waals surface area contributed by atoms with Crippen LogP contribution < -0.4 is 10.6 Å². The van der Waals surface area contributed by atoms with Gasteiger partial charge in [0.25, 0.3) is 0 Å². The number of halogens is 1. The van der Waals surface area contributed by atoms with Gasteiger partial charge in [-0.2, -0.15) is 0 Å². The normalized spacial score (nSPS) is 20.2. The molecule has 5 nitrogen and oxygen atoms in total. The van der Waals surface area contributed by atoms with E-state index in [9.17, 15) is 0 Å². The zero-order valence-electron chi connectivity index (χ0n) is 11.6. The zero-order valence-corrected chi connectivity index (χ0v) is 12.3. The molecular formula is C14H20ClN3O2. The summed E-state index contributed by atoms with van der Waals surface area (Å²) >= 11 is 6.00. The van der Waals surface area contributed by atoms with Crippen molar-refractivity contribution in [2.45, 2.75) is 12.8 Å². The van der Waals surface area contributed by atoms with Gasteiger partial charge < -0.3 is 20.6 Å². The van der Waals surface area contributed by atoms with Crippen LogP contribution in [0.25, 0.3) is 0 Å². The van der Waals surface area contributed by atoms with Crippen molar-refractivity contribution in [3.05, 3.63) is 28.8 Å². The molecule has 6 heteroatoms. The van der Waals surface area contributed by atoms with E-state index in [1.807, 2.05) is 12.1 Å². The number of nitrogens with zero attached hydrogens (tertiary/aromatic N) is 2. The second-order valence-corrected chi connectivity index (χ2v) is 5.49. The Morgan fingerprint density at radius 3 is 3.10 bits per heavy atom. The van der Waals surface area contributed by atoms with Gasteiger partial charge in [0.15, 0.2) is 5.84 Å². The Balaban J connectivity index is 2.27. The first-order chi connectivity index (χ1) is 9.65. The summed E-state index contributed by atoms with van der Waals surface area (Å²) in [5, 5.41) is 12.6. The zero-order chi connectivity index (χ0) is 14.5. The minimum absolute atomic E-state index is 0.0800. The summed E-state index contributed by atoms with van der Waals surface area (Å²) in [4.78, 5) is 2.25. The van der Waals surface area contributed by atoms with Gasteiger partial charge in [-0.1, -0.05) is 16.8 Å². The highest BCUT2D eigenvalue weighted by molar-refractivity contribution is 6.31. The van der Waals surface area contributed by atoms with Crippen LogP contribution in [-0.4, -0.2) is 37.8 Å². The molecule has 1 atom stereocenters. The molecule has 0 spiro atoms. The van der Waals surface area contributed by atoms with Gasteiger partial charge in [-0.15, -0.1) is 0 Å². The average molecular weight is 298 g/mol. The first-order valence-corrected chi connectivity index (χ1v) is 7.04. The van der Waals surface area contributed by atoms with E-state index in [2.05, 4.69) is 10.1 Å². The summed E-state index contributed by atoms with van der Waals surface area (Å²) in [6.07, 6.45) is 2.27. The van der Waals surface area contributed by atoms with Crippen LogP contribution in [-0.2, 0) is 4.74 Å². The summed E-state index contributed by atoms with van der Waals surface area (Å²) in [6.45, 7) is 2.61. The highest BCUT2D eigenvalue weighted by atomic mass is 35.5. The van der Waals surface area contributed by atoms with Crippen molar-refractivity contribution >= 4 is 23.1 Å². The molecule has 0 radical (unpaired) electrons. The number of methoxy groups -OCH3 is 1. The maximum Gasteiger partial charge on any atom is 0.172 e. The topological polar surface area (TPSA) is 71.1 Å². The smallest absolute Gasteiger partial charge is 0.172 e. The molecule has 1 unspecified atom stereocenters. The van der Waals surface area contributed by atoms with E-state index in [1.165, 1.54) is 0 Å². The largest absolute Gasteiger partial charge is 0.409 e. The highest BCUT2D eigenvalue weighted by Crippen LogP contribution is 2.28. The van der Waals surface area contributed by atoms with Crippen LogP contribution in [0.1, 0.15) is 18.4 Å². The van der Waals surface area contributed by atoms with Gasteiger partial charge in [0.2, 0.25) is 0 Å². The predicted octanol–water partition coefficient (Wildman–Crippen LogP) is 2.30. The van der Waals surface area contributed by atoms with E-state index in [-0.39, 0.29) is 5.84 Å². The van der Waals surface area contributed by atoms with Crippen molar-refractivity contribution in [2.24, 2.45) is 16.8 Å². The van der Waals surface area contributed by atoms with E-state index in [0.29, 0.717) is 16.5 Å². The second-order valence-electron chi connectivity index (χ2n) is 5.06. The first kappa shape index (κ1) is 14.9. The lowest BCUT2D eigenvalue weighted by molar-refractivity contribution is 0.143. The molecule has 110 valence electrons. The molecule has 1 fully saturated rings. The molecule has 1 heterocycles. The SMILES string of the molecule is COCC1CCCN(c2ccc(Cl)cc2/C(N)=N/O)C1. The number of rotatable bonds is 4. The molecule has 1 aromatic carbocycles. The van der Waals surface area contributed by atoms with Gasteiger partial charge in [-0.05, 0) is 37.0 Å². The number of piperidine rings is 1. The minimum Gasteiger partial charge on any atom is -0.409 e. The number of benzene rings is 1. The lowest BCUT2D eigenvalue weighted by Gasteiger charge is -2.35. The Bertz CT molecular complexity index is 491. The molecule has 20 heavy (non-hydrogen) atoms. The van der Waals surface area contributed by atoms with Gasteiger partial charge in [0, 0.05) is 36.5 Å². The minimum atomic E-state index is 0.0800. The van der Waals surface area contributed by atoms with Crippen molar-refractivity contribution in [3.8, 4) is 0 Å². The van der Waals surface area contributed by atoms with Crippen LogP contribution in [0, 0.1) is 5.92 Å². The number of hydrogen-bond acceptors (Lipinski definition) is 4. The molecule has 0 aromatic heterocycles. The molecule has 1 aliphatic heterocycles. The van der Waals surface area contributed by atoms with Crippen LogP contribution >= 0.6 is 11.6 Å². The van der Waals surface area contributed by atoms with Crippen molar-refractivity contribution in [2.75, 3.05) is 31.7 Å². The number of ether oxygens (including phenoxy) is 1. The summed E-state index contributed by atoms with van der Waals surface area (Å²) in [5.74, 6) is 0.584. The number of hydrogen-bond donors (Lipinski definition) is 2. The van der Waals surface area contributed by atoms with Crippen LogP contribution in [0.3, 0.4) is 0 Å². The number of oxime groups is 1. The molecule has 1 saturated heterocycles. The van der Waals surface area contributed by atoms with Gasteiger partial charge in [0.05, 0.1) is 6.61 Å². The highest BCUT2D eigenvalue weighted by Gasteiger charge is 2.22. The maximum atomic E-state index is 8.92. The summed E-state index contributed by atoms with van der Waals surface area (Å²) in [5.41, 5.74) is 7.37. The second kappa shape index (κ2) is 6.81. The van der Waals surface area contributed by atoms with Gasteiger partial charge in [-0.25, -0.2) is 0 Å². The Morgan fingerprint density at radius 1 is 1.60 bits per heavy atom. The fourth-order valence-corrected chi connectivity index (χ4v) is 2.87. The summed E-state index contributed by atoms with van der Waals surface area (Å²) < 4.78 is 5.25. The Labute approximate surface area is 124 Å². The quantitative estimate of drug-likeness (QED) is 0.387. The third-order valence-electron chi connectivity index (χ3n) is 3.60. The lowest BCUT2D eigenvalue weighted by Crippen LogP contribution is -2.38. The van der Waals surface area contributed by atoms with Gasteiger partial charge >= 0.3 is 0 Å². The Kier molecular flexibility index (Phi) is 5.09. The van der Waals surface area contributed by atoms with Gasteiger partial charge in [-0.3, -0.25) is 0 Å². The average Bonchev–Trinajstić information content (AvgIpc) is 2.47. The third kappa shape index (κ3) is 3.35. The van der Waals surface area contributed by atoms with Crippen molar-refractivity contribution in [1.82, 2.24) is 0 Å². The monoisotopic (exact) mass is 297 g/mol. The standard InChI is InChI=1S/C14H20ClN3O2/c1-20-9-10-3-2-6-18(8-10)13-5-4-11(15)7-12(13)14(16)17-19/h4-5,7,10,19H,2-3,6,8-9H2,1H3,(H2,16,17). The fourth-order valence-electron chi connectivity index (χ4n) is 2.70. The Hall–Kier alpha value is -1.46. The molecule has 1 aliphatic rings. The molecule has 0 saturated carbocycles. The van der Waals surface area contributed by atoms with Crippen molar-refractivity contribution in [1.29, 1.82) is 0 Å².